The van der Waals surface area contributed by atoms with Gasteiger partial charge in [0.1, 0.15) is 0 Å². The van der Waals surface area contributed by atoms with Crippen molar-refractivity contribution in [3.63, 3.8) is 0 Å². The highest BCUT2D eigenvalue weighted by Crippen LogP contribution is 1.93. The van der Waals surface area contributed by atoms with E-state index in [1.54, 1.807) is 0 Å². The van der Waals surface area contributed by atoms with Gasteiger partial charge >= 0.3 is 0 Å². The maximum atomic E-state index is 5.27. The zero-order chi connectivity index (χ0) is 7.82. The number of hydrogen-bond donors (Lipinski definition) is 1. The minimum absolute atomic E-state index is 0.0865. The average Bonchev–Trinajstić information content (AvgIpc) is 1.89. The highest BCUT2D eigenvalue weighted by atomic mass is 16.7. The smallest absolute Gasteiger partial charge is 0.154 e. The molecule has 0 spiro atoms. The van der Waals surface area contributed by atoms with Gasteiger partial charge in [-0.2, -0.15) is 0 Å². The minimum atomic E-state index is -0.0865. The lowest BCUT2D eigenvalue weighted by molar-refractivity contribution is -0.127. The molecule has 62 valence electrons. The van der Waals surface area contributed by atoms with Crippen LogP contribution in [0.1, 0.15) is 20.3 Å². The summed E-state index contributed by atoms with van der Waals surface area (Å²) in [7, 11) is 0. The fourth-order valence-corrected chi connectivity index (χ4v) is 0.615. The van der Waals surface area contributed by atoms with E-state index in [4.69, 9.17) is 15.2 Å². The fraction of sp³-hybridized carbons (Fsp3) is 1.00. The van der Waals surface area contributed by atoms with Crippen molar-refractivity contribution < 1.29 is 9.47 Å². The Bertz CT molecular complexity index is 68.6. The third-order valence-electron chi connectivity index (χ3n) is 1.10. The molecule has 1 atom stereocenters. The molecule has 0 radical (unpaired) electrons. The van der Waals surface area contributed by atoms with Crippen LogP contribution in [0.25, 0.3) is 0 Å². The summed E-state index contributed by atoms with van der Waals surface area (Å²) in [5.41, 5.74) is 5.27. The maximum absolute atomic E-state index is 5.27. The van der Waals surface area contributed by atoms with E-state index in [0.29, 0.717) is 19.8 Å². The number of rotatable bonds is 6. The molecule has 0 bridgehead atoms. The van der Waals surface area contributed by atoms with Gasteiger partial charge in [-0.3, -0.25) is 0 Å². The van der Waals surface area contributed by atoms with Crippen LogP contribution >= 0.6 is 0 Å². The number of hydrogen-bond acceptors (Lipinski definition) is 3. The van der Waals surface area contributed by atoms with Crippen molar-refractivity contribution in [2.75, 3.05) is 19.8 Å². The molecule has 3 heteroatoms. The van der Waals surface area contributed by atoms with E-state index in [2.05, 4.69) is 0 Å². The predicted octanol–water partition coefficient (Wildman–Crippen LogP) is 0.734. The fourth-order valence-electron chi connectivity index (χ4n) is 0.615. The maximum Gasteiger partial charge on any atom is 0.154 e. The van der Waals surface area contributed by atoms with Crippen molar-refractivity contribution in [2.45, 2.75) is 26.6 Å². The molecule has 0 aliphatic heterocycles. The first-order chi connectivity index (χ1) is 4.81. The van der Waals surface area contributed by atoms with Crippen LogP contribution < -0.4 is 5.73 Å². The molecule has 2 N–H and O–H groups in total. The summed E-state index contributed by atoms with van der Waals surface area (Å²) in [6.07, 6.45) is 0.814. The highest BCUT2D eigenvalue weighted by molar-refractivity contribution is 4.36. The van der Waals surface area contributed by atoms with E-state index < -0.39 is 0 Å². The molecule has 0 aliphatic rings. The molecule has 0 aromatic rings. The minimum Gasteiger partial charge on any atom is -0.353 e. The third-order valence-corrected chi connectivity index (χ3v) is 1.10. The van der Waals surface area contributed by atoms with Gasteiger partial charge in [-0.05, 0) is 26.8 Å². The van der Waals surface area contributed by atoms with E-state index in [9.17, 15) is 0 Å². The Morgan fingerprint density at radius 3 is 2.60 bits per heavy atom. The Kier molecular flexibility index (Phi) is 6.91. The van der Waals surface area contributed by atoms with Crippen molar-refractivity contribution in [1.29, 1.82) is 0 Å². The van der Waals surface area contributed by atoms with Gasteiger partial charge in [0.15, 0.2) is 6.29 Å². The van der Waals surface area contributed by atoms with Gasteiger partial charge in [0, 0.05) is 6.61 Å². The van der Waals surface area contributed by atoms with Crippen LogP contribution in [0.15, 0.2) is 0 Å². The van der Waals surface area contributed by atoms with Crippen LogP contribution in [-0.4, -0.2) is 26.0 Å². The van der Waals surface area contributed by atoms with Crippen LogP contribution in [0.4, 0.5) is 0 Å². The Labute approximate surface area is 62.5 Å². The Morgan fingerprint density at radius 2 is 2.10 bits per heavy atom. The van der Waals surface area contributed by atoms with Gasteiger partial charge in [-0.25, -0.2) is 0 Å². The van der Waals surface area contributed by atoms with Gasteiger partial charge in [0.25, 0.3) is 0 Å². The molecule has 3 nitrogen and oxygen atoms in total. The van der Waals surface area contributed by atoms with Crippen molar-refractivity contribution in [3.05, 3.63) is 0 Å². The second kappa shape index (κ2) is 6.99. The standard InChI is InChI=1S/C7H17NO2/c1-3-9-7(2)10-6-4-5-8/h7H,3-6,8H2,1-2H3. The van der Waals surface area contributed by atoms with E-state index in [1.807, 2.05) is 13.8 Å². The first-order valence-corrected chi connectivity index (χ1v) is 3.74. The Morgan fingerprint density at radius 1 is 1.40 bits per heavy atom. The van der Waals surface area contributed by atoms with E-state index >= 15 is 0 Å². The first kappa shape index (κ1) is 9.88. The van der Waals surface area contributed by atoms with E-state index in [-0.39, 0.29) is 6.29 Å². The lowest BCUT2D eigenvalue weighted by Gasteiger charge is -2.11. The van der Waals surface area contributed by atoms with Crippen LogP contribution in [0, 0.1) is 0 Å². The molecule has 0 saturated carbocycles. The van der Waals surface area contributed by atoms with Crippen LogP contribution in [-0.2, 0) is 9.47 Å². The average molecular weight is 147 g/mol. The summed E-state index contributed by atoms with van der Waals surface area (Å²) in [6.45, 7) is 5.91. The van der Waals surface area contributed by atoms with Gasteiger partial charge in [0.05, 0.1) is 6.61 Å². The largest absolute Gasteiger partial charge is 0.353 e. The summed E-state index contributed by atoms with van der Waals surface area (Å²) in [4.78, 5) is 0. The first-order valence-electron chi connectivity index (χ1n) is 3.74. The summed E-state index contributed by atoms with van der Waals surface area (Å²) in [6, 6.07) is 0. The molecule has 0 heterocycles. The van der Waals surface area contributed by atoms with Gasteiger partial charge in [-0.1, -0.05) is 0 Å². The Hall–Kier alpha value is -0.120. The normalized spacial score (nSPS) is 13.5. The molecular formula is C7H17NO2. The van der Waals surface area contributed by atoms with Crippen LogP contribution in [0.5, 0.6) is 0 Å². The number of ether oxygens (including phenoxy) is 2. The summed E-state index contributed by atoms with van der Waals surface area (Å²) < 4.78 is 10.3. The van der Waals surface area contributed by atoms with Gasteiger partial charge in [-0.15, -0.1) is 0 Å². The molecule has 0 aromatic carbocycles. The lowest BCUT2D eigenvalue weighted by atomic mass is 10.5. The molecule has 0 fully saturated rings. The second-order valence-electron chi connectivity index (χ2n) is 2.04. The van der Waals surface area contributed by atoms with Crippen LogP contribution in [0.3, 0.4) is 0 Å². The highest BCUT2D eigenvalue weighted by Gasteiger charge is 1.97. The number of nitrogens with two attached hydrogens (primary N) is 1. The molecule has 10 heavy (non-hydrogen) atoms. The van der Waals surface area contributed by atoms with Crippen molar-refractivity contribution in [2.24, 2.45) is 5.73 Å². The molecule has 0 aromatic heterocycles. The summed E-state index contributed by atoms with van der Waals surface area (Å²) in [5.74, 6) is 0. The quantitative estimate of drug-likeness (QED) is 0.445. The zero-order valence-electron chi connectivity index (χ0n) is 6.80. The third kappa shape index (κ3) is 6.01. The Balaban J connectivity index is 2.97. The summed E-state index contributed by atoms with van der Waals surface area (Å²) in [5, 5.41) is 0. The second-order valence-corrected chi connectivity index (χ2v) is 2.04. The van der Waals surface area contributed by atoms with Crippen molar-refractivity contribution in [1.82, 2.24) is 0 Å². The SMILES string of the molecule is CCOC(C)OCCCN. The van der Waals surface area contributed by atoms with E-state index in [0.717, 1.165) is 6.42 Å². The monoisotopic (exact) mass is 147 g/mol. The van der Waals surface area contributed by atoms with Crippen molar-refractivity contribution >= 4 is 0 Å². The van der Waals surface area contributed by atoms with Crippen molar-refractivity contribution in [3.8, 4) is 0 Å². The molecule has 1 unspecified atom stereocenters. The predicted molar refractivity (Wildman–Crippen MR) is 40.7 cm³/mol. The summed E-state index contributed by atoms with van der Waals surface area (Å²) >= 11 is 0. The lowest BCUT2D eigenvalue weighted by Crippen LogP contribution is -2.15. The van der Waals surface area contributed by atoms with E-state index in [1.165, 1.54) is 0 Å². The zero-order valence-corrected chi connectivity index (χ0v) is 6.80. The molecule has 0 saturated heterocycles. The molecular weight excluding hydrogens is 130 g/mol. The molecule has 0 amide bonds. The van der Waals surface area contributed by atoms with Gasteiger partial charge < -0.3 is 15.2 Å². The van der Waals surface area contributed by atoms with Crippen LogP contribution in [0.2, 0.25) is 0 Å². The molecule has 0 rings (SSSR count). The topological polar surface area (TPSA) is 44.5 Å². The molecule has 0 aliphatic carbocycles. The van der Waals surface area contributed by atoms with Gasteiger partial charge in [0.2, 0.25) is 0 Å².